The molecule has 0 aliphatic carbocycles. The van der Waals surface area contributed by atoms with Crippen LogP contribution in [0.1, 0.15) is 20.0 Å². The van der Waals surface area contributed by atoms with Crippen LogP contribution in [0.4, 0.5) is 18.9 Å². The molecule has 0 saturated heterocycles. The third-order valence-corrected chi connectivity index (χ3v) is 4.13. The number of benzene rings is 3. The lowest BCUT2D eigenvalue weighted by Crippen LogP contribution is -2.25. The third-order valence-electron chi connectivity index (χ3n) is 4.13. The molecule has 5 heteroatoms. The molecule has 3 aromatic rings. The van der Waals surface area contributed by atoms with E-state index >= 15 is 0 Å². The molecule has 0 amide bonds. The summed E-state index contributed by atoms with van der Waals surface area (Å²) in [5.41, 5.74) is 2.48. The van der Waals surface area contributed by atoms with Crippen molar-refractivity contribution in [1.82, 2.24) is 5.32 Å². The van der Waals surface area contributed by atoms with Gasteiger partial charge in [-0.15, -0.1) is 0 Å². The Kier molecular flexibility index (Phi) is 5.94. The van der Waals surface area contributed by atoms with Crippen LogP contribution >= 0.6 is 0 Å². The highest BCUT2D eigenvalue weighted by atomic mass is 19.1. The molecule has 0 radical (unpaired) electrons. The summed E-state index contributed by atoms with van der Waals surface area (Å²) in [6.07, 6.45) is 0. The van der Waals surface area contributed by atoms with Crippen LogP contribution in [0.5, 0.6) is 0 Å². The molecule has 0 fully saturated rings. The Labute approximate surface area is 159 Å². The zero-order chi connectivity index (χ0) is 19.2. The maximum absolute atomic E-state index is 14.0. The minimum absolute atomic E-state index is 0. The van der Waals surface area contributed by atoms with Crippen LogP contribution in [0.15, 0.2) is 85.1 Å². The minimum atomic E-state index is -0.693. The number of halogens is 3. The molecule has 0 bridgehead atoms. The lowest BCUT2D eigenvalue weighted by molar-refractivity contribution is 0.580. The van der Waals surface area contributed by atoms with E-state index in [1.807, 2.05) is 30.3 Å². The first-order chi connectivity index (χ1) is 13.0. The van der Waals surface area contributed by atoms with Gasteiger partial charge in [0.1, 0.15) is 17.5 Å². The van der Waals surface area contributed by atoms with Gasteiger partial charge < -0.3 is 10.6 Å². The molecule has 0 heterocycles. The molecule has 2 nitrogen and oxygen atoms in total. The molecule has 0 spiro atoms. The summed E-state index contributed by atoms with van der Waals surface area (Å²) in [5.74, 6) is -1.63. The Hall–Kier alpha value is -3.05. The van der Waals surface area contributed by atoms with Gasteiger partial charge in [0.25, 0.3) is 0 Å². The van der Waals surface area contributed by atoms with Crippen LogP contribution in [-0.2, 0) is 6.54 Å². The molecular formula is C22H23F3N2. The van der Waals surface area contributed by atoms with Gasteiger partial charge in [-0.05, 0) is 35.4 Å². The first-order valence-electron chi connectivity index (χ1n) is 8.46. The Balaban J connectivity index is 0.00000210. The van der Waals surface area contributed by atoms with Crippen LogP contribution in [0.25, 0.3) is 0 Å². The Morgan fingerprint density at radius 3 is 2.22 bits per heavy atom. The number of hydrogen-bond donors (Lipinski definition) is 2. The summed E-state index contributed by atoms with van der Waals surface area (Å²) in [6.45, 7) is 4.49. The predicted octanol–water partition coefficient (Wildman–Crippen LogP) is 6.05. The number of nitrogens with one attached hydrogen (secondary N) is 2. The summed E-state index contributed by atoms with van der Waals surface area (Å²) in [7, 11) is 0. The summed E-state index contributed by atoms with van der Waals surface area (Å²) in [4.78, 5) is 0. The van der Waals surface area contributed by atoms with Crippen molar-refractivity contribution in [3.63, 3.8) is 0 Å². The largest absolute Gasteiger partial charge is 0.355 e. The standard InChI is InChI=1S/C22H19F3N2.2H2/c1-15(27-21-12-11-19(24)13-20(21)25)22(17-5-3-2-4-6-17)26-14-16-7-9-18(23)10-8-16;;/h2-13,22,26-27H,1,14H2;2*1H/t22-;;/m0../s1. The summed E-state index contributed by atoms with van der Waals surface area (Å²) >= 11 is 0. The molecule has 142 valence electrons. The smallest absolute Gasteiger partial charge is 0.149 e. The summed E-state index contributed by atoms with van der Waals surface area (Å²) < 4.78 is 40.2. The third kappa shape index (κ3) is 4.99. The second kappa shape index (κ2) is 8.56. The van der Waals surface area contributed by atoms with Crippen molar-refractivity contribution in [3.05, 3.63) is 114 Å². The van der Waals surface area contributed by atoms with E-state index in [1.54, 1.807) is 12.1 Å². The quantitative estimate of drug-likeness (QED) is 0.527. The van der Waals surface area contributed by atoms with Gasteiger partial charge in [0, 0.05) is 21.2 Å². The van der Waals surface area contributed by atoms with Gasteiger partial charge in [0.15, 0.2) is 0 Å². The van der Waals surface area contributed by atoms with E-state index in [0.717, 1.165) is 17.2 Å². The van der Waals surface area contributed by atoms with Crippen LogP contribution < -0.4 is 10.6 Å². The zero-order valence-corrected chi connectivity index (χ0v) is 14.6. The number of anilines is 1. The monoisotopic (exact) mass is 372 g/mol. The molecule has 0 unspecified atom stereocenters. The molecule has 1 atom stereocenters. The lowest BCUT2D eigenvalue weighted by atomic mass is 10.0. The van der Waals surface area contributed by atoms with E-state index in [-0.39, 0.29) is 20.4 Å². The SMILES string of the molecule is C=C(Nc1ccc(F)cc1F)[C@H](NCc1ccc(F)cc1)c1ccccc1.[HH].[HH]. The zero-order valence-electron chi connectivity index (χ0n) is 14.6. The molecule has 27 heavy (non-hydrogen) atoms. The van der Waals surface area contributed by atoms with Crippen LogP contribution in [0, 0.1) is 17.5 Å². The lowest BCUT2D eigenvalue weighted by Gasteiger charge is -2.23. The molecule has 2 N–H and O–H groups in total. The fraction of sp³-hybridized carbons (Fsp3) is 0.0909. The van der Waals surface area contributed by atoms with Gasteiger partial charge in [-0.2, -0.15) is 0 Å². The van der Waals surface area contributed by atoms with Gasteiger partial charge in [-0.1, -0.05) is 49.0 Å². The Morgan fingerprint density at radius 1 is 0.889 bits per heavy atom. The predicted molar refractivity (Wildman–Crippen MR) is 106 cm³/mol. The average molecular weight is 372 g/mol. The van der Waals surface area contributed by atoms with Crippen molar-refractivity contribution < 1.29 is 16.0 Å². The van der Waals surface area contributed by atoms with Crippen molar-refractivity contribution in [2.24, 2.45) is 0 Å². The van der Waals surface area contributed by atoms with Crippen molar-refractivity contribution in [3.8, 4) is 0 Å². The fourth-order valence-electron chi connectivity index (χ4n) is 2.75. The molecular weight excluding hydrogens is 349 g/mol. The van der Waals surface area contributed by atoms with Gasteiger partial charge in [-0.25, -0.2) is 13.2 Å². The van der Waals surface area contributed by atoms with E-state index in [0.29, 0.717) is 12.2 Å². The van der Waals surface area contributed by atoms with Crippen molar-refractivity contribution in [2.75, 3.05) is 5.32 Å². The molecule has 3 rings (SSSR count). The number of rotatable bonds is 7. The Bertz CT molecular complexity index is 919. The summed E-state index contributed by atoms with van der Waals surface area (Å²) in [5, 5.41) is 6.26. The van der Waals surface area contributed by atoms with Crippen LogP contribution in [-0.4, -0.2) is 0 Å². The van der Waals surface area contributed by atoms with E-state index in [1.165, 1.54) is 24.3 Å². The minimum Gasteiger partial charge on any atom is -0.355 e. The van der Waals surface area contributed by atoms with Crippen LogP contribution in [0.3, 0.4) is 0 Å². The molecule has 0 aromatic heterocycles. The maximum atomic E-state index is 14.0. The second-order valence-electron chi connectivity index (χ2n) is 6.13. The Morgan fingerprint density at radius 2 is 1.56 bits per heavy atom. The number of hydrogen-bond acceptors (Lipinski definition) is 2. The highest BCUT2D eigenvalue weighted by molar-refractivity contribution is 5.51. The molecule has 3 aromatic carbocycles. The average Bonchev–Trinajstić information content (AvgIpc) is 2.66. The normalized spacial score (nSPS) is 11.8. The van der Waals surface area contributed by atoms with E-state index in [2.05, 4.69) is 17.2 Å². The van der Waals surface area contributed by atoms with Gasteiger partial charge in [0.05, 0.1) is 11.7 Å². The van der Waals surface area contributed by atoms with Crippen molar-refractivity contribution >= 4 is 5.69 Å². The van der Waals surface area contributed by atoms with Crippen molar-refractivity contribution in [1.29, 1.82) is 0 Å². The first kappa shape index (κ1) is 18.7. The first-order valence-corrected chi connectivity index (χ1v) is 8.46. The topological polar surface area (TPSA) is 24.1 Å². The highest BCUT2D eigenvalue weighted by Crippen LogP contribution is 2.25. The fourth-order valence-corrected chi connectivity index (χ4v) is 2.75. The van der Waals surface area contributed by atoms with Crippen molar-refractivity contribution in [2.45, 2.75) is 12.6 Å². The van der Waals surface area contributed by atoms with Gasteiger partial charge in [-0.3, -0.25) is 0 Å². The highest BCUT2D eigenvalue weighted by Gasteiger charge is 2.16. The van der Waals surface area contributed by atoms with E-state index in [9.17, 15) is 13.2 Å². The second-order valence-corrected chi connectivity index (χ2v) is 6.13. The van der Waals surface area contributed by atoms with Gasteiger partial charge >= 0.3 is 0 Å². The van der Waals surface area contributed by atoms with Crippen LogP contribution in [0.2, 0.25) is 0 Å². The van der Waals surface area contributed by atoms with E-state index in [4.69, 9.17) is 0 Å². The molecule has 0 aliphatic heterocycles. The maximum Gasteiger partial charge on any atom is 0.149 e. The molecule has 0 saturated carbocycles. The summed E-state index contributed by atoms with van der Waals surface area (Å²) in [6, 6.07) is 18.7. The van der Waals surface area contributed by atoms with E-state index < -0.39 is 11.6 Å². The van der Waals surface area contributed by atoms with Gasteiger partial charge in [0.2, 0.25) is 0 Å². The molecule has 0 aliphatic rings.